The molecular weight excluding hydrogens is 356 g/mol. The van der Waals surface area contributed by atoms with Gasteiger partial charge in [-0.2, -0.15) is 4.98 Å². The molecule has 0 aliphatic rings. The Hall–Kier alpha value is -3.48. The molecule has 2 heterocycles. The summed E-state index contributed by atoms with van der Waals surface area (Å²) in [6.45, 7) is 4.24. The lowest BCUT2D eigenvalue weighted by molar-refractivity contribution is 0.0769. The Kier molecular flexibility index (Phi) is 4.65. The van der Waals surface area contributed by atoms with Gasteiger partial charge in [0.1, 0.15) is 5.52 Å². The average Bonchev–Trinajstić information content (AvgIpc) is 3.34. The summed E-state index contributed by atoms with van der Waals surface area (Å²) in [7, 11) is 1.70. The van der Waals surface area contributed by atoms with Crippen molar-refractivity contribution in [2.75, 3.05) is 7.05 Å². The Morgan fingerprint density at radius 3 is 2.64 bits per heavy atom. The molecule has 0 fully saturated rings. The van der Waals surface area contributed by atoms with Gasteiger partial charge in [0.15, 0.2) is 11.5 Å². The second-order valence-corrected chi connectivity index (χ2v) is 6.93. The number of benzene rings is 2. The molecule has 0 saturated heterocycles. The molecular formula is C21H20N4O3. The highest BCUT2D eigenvalue weighted by molar-refractivity contribution is 5.96. The van der Waals surface area contributed by atoms with Crippen LogP contribution in [0.5, 0.6) is 0 Å². The van der Waals surface area contributed by atoms with Crippen LogP contribution >= 0.6 is 0 Å². The molecule has 142 valence electrons. The fourth-order valence-corrected chi connectivity index (χ4v) is 2.84. The number of hydrogen-bond donors (Lipinski definition) is 0. The van der Waals surface area contributed by atoms with Crippen LogP contribution in [0.25, 0.3) is 22.5 Å². The monoisotopic (exact) mass is 376 g/mol. The second-order valence-electron chi connectivity index (χ2n) is 6.93. The average molecular weight is 376 g/mol. The van der Waals surface area contributed by atoms with Crippen molar-refractivity contribution in [3.63, 3.8) is 0 Å². The third kappa shape index (κ3) is 3.51. The van der Waals surface area contributed by atoms with E-state index in [9.17, 15) is 4.79 Å². The van der Waals surface area contributed by atoms with E-state index in [0.29, 0.717) is 34.3 Å². The molecule has 0 aliphatic heterocycles. The topological polar surface area (TPSA) is 85.3 Å². The highest BCUT2D eigenvalue weighted by Crippen LogP contribution is 2.23. The zero-order valence-corrected chi connectivity index (χ0v) is 15.9. The van der Waals surface area contributed by atoms with E-state index in [1.54, 1.807) is 25.2 Å². The van der Waals surface area contributed by atoms with E-state index < -0.39 is 0 Å². The summed E-state index contributed by atoms with van der Waals surface area (Å²) in [5, 5.41) is 3.99. The maximum Gasteiger partial charge on any atom is 0.254 e. The fourth-order valence-electron chi connectivity index (χ4n) is 2.84. The number of carbonyl (C=O) groups is 1. The van der Waals surface area contributed by atoms with Crippen molar-refractivity contribution < 1.29 is 13.7 Å². The molecule has 7 heteroatoms. The second kappa shape index (κ2) is 7.26. The molecule has 0 aliphatic carbocycles. The first-order valence-electron chi connectivity index (χ1n) is 9.05. The van der Waals surface area contributed by atoms with E-state index >= 15 is 0 Å². The van der Waals surface area contributed by atoms with Gasteiger partial charge in [-0.15, -0.1) is 0 Å². The minimum atomic E-state index is -0.157. The van der Waals surface area contributed by atoms with E-state index in [2.05, 4.69) is 15.1 Å². The molecule has 2 aromatic carbocycles. The number of oxazole rings is 1. The normalized spacial score (nSPS) is 11.3. The zero-order chi connectivity index (χ0) is 19.7. The molecule has 0 bridgehead atoms. The first kappa shape index (κ1) is 17.9. The number of carbonyl (C=O) groups excluding carboxylic acids is 1. The molecule has 4 rings (SSSR count). The Labute approximate surface area is 162 Å². The number of rotatable bonds is 5. The number of hydrogen-bond acceptors (Lipinski definition) is 6. The highest BCUT2D eigenvalue weighted by atomic mass is 16.5. The smallest absolute Gasteiger partial charge is 0.254 e. The van der Waals surface area contributed by atoms with Crippen LogP contribution in [-0.4, -0.2) is 33.0 Å². The molecule has 0 unspecified atom stereocenters. The van der Waals surface area contributed by atoms with Crippen molar-refractivity contribution in [2.24, 2.45) is 0 Å². The van der Waals surface area contributed by atoms with Crippen molar-refractivity contribution in [2.45, 2.75) is 26.3 Å². The molecule has 0 spiro atoms. The standard InChI is InChI=1S/C21H20N4O3/c1-13(2)20-22-16-11-15(9-10-17(16)27-20)21(26)25(3)12-18-23-19(24-28-18)14-7-5-4-6-8-14/h4-11,13H,12H2,1-3H3. The number of amides is 1. The number of fused-ring (bicyclic) bond motifs is 1. The van der Waals surface area contributed by atoms with Crippen LogP contribution in [0.1, 0.15) is 41.9 Å². The summed E-state index contributed by atoms with van der Waals surface area (Å²) < 4.78 is 11.0. The fraction of sp³-hybridized carbons (Fsp3) is 0.238. The van der Waals surface area contributed by atoms with E-state index in [-0.39, 0.29) is 18.4 Å². The Bertz CT molecular complexity index is 1120. The quantitative estimate of drug-likeness (QED) is 0.517. The third-order valence-corrected chi connectivity index (χ3v) is 4.36. The number of aromatic nitrogens is 3. The molecule has 7 nitrogen and oxygen atoms in total. The predicted octanol–water partition coefficient (Wildman–Crippen LogP) is 4.27. The molecule has 0 atom stereocenters. The van der Waals surface area contributed by atoms with Crippen molar-refractivity contribution in [1.82, 2.24) is 20.0 Å². The van der Waals surface area contributed by atoms with Gasteiger partial charge in [-0.05, 0) is 18.2 Å². The Morgan fingerprint density at radius 1 is 1.11 bits per heavy atom. The first-order chi connectivity index (χ1) is 13.5. The maximum atomic E-state index is 12.8. The van der Waals surface area contributed by atoms with Gasteiger partial charge < -0.3 is 13.8 Å². The summed E-state index contributed by atoms with van der Waals surface area (Å²) in [6.07, 6.45) is 0. The maximum absolute atomic E-state index is 12.8. The molecule has 28 heavy (non-hydrogen) atoms. The SMILES string of the molecule is CC(C)c1nc2cc(C(=O)N(C)Cc3nc(-c4ccccc4)no3)ccc2o1. The van der Waals surface area contributed by atoms with Gasteiger partial charge in [0.25, 0.3) is 5.91 Å². The number of nitrogens with zero attached hydrogens (tertiary/aromatic N) is 4. The van der Waals surface area contributed by atoms with Gasteiger partial charge in [-0.1, -0.05) is 49.3 Å². The largest absolute Gasteiger partial charge is 0.440 e. The van der Waals surface area contributed by atoms with Crippen molar-refractivity contribution in [3.8, 4) is 11.4 Å². The van der Waals surface area contributed by atoms with Gasteiger partial charge in [-0.25, -0.2) is 4.98 Å². The van der Waals surface area contributed by atoms with E-state index in [1.807, 2.05) is 44.2 Å². The minimum Gasteiger partial charge on any atom is -0.440 e. The van der Waals surface area contributed by atoms with Crippen LogP contribution in [0.2, 0.25) is 0 Å². The van der Waals surface area contributed by atoms with Crippen molar-refractivity contribution >= 4 is 17.0 Å². The molecule has 0 saturated carbocycles. The van der Waals surface area contributed by atoms with E-state index in [0.717, 1.165) is 5.56 Å². The molecule has 1 amide bonds. The van der Waals surface area contributed by atoms with Crippen LogP contribution in [0.3, 0.4) is 0 Å². The van der Waals surface area contributed by atoms with E-state index in [4.69, 9.17) is 8.94 Å². The first-order valence-corrected chi connectivity index (χ1v) is 9.05. The van der Waals surface area contributed by atoms with Crippen LogP contribution < -0.4 is 0 Å². The lowest BCUT2D eigenvalue weighted by Gasteiger charge is -2.14. The van der Waals surface area contributed by atoms with Crippen LogP contribution in [0.15, 0.2) is 57.5 Å². The third-order valence-electron chi connectivity index (χ3n) is 4.36. The van der Waals surface area contributed by atoms with Gasteiger partial charge in [-0.3, -0.25) is 4.79 Å². The van der Waals surface area contributed by atoms with Gasteiger partial charge in [0, 0.05) is 24.1 Å². The summed E-state index contributed by atoms with van der Waals surface area (Å²) in [5.74, 6) is 1.56. The Balaban J connectivity index is 1.50. The van der Waals surface area contributed by atoms with Gasteiger partial charge in [0.2, 0.25) is 11.7 Å². The van der Waals surface area contributed by atoms with E-state index in [1.165, 1.54) is 4.90 Å². The van der Waals surface area contributed by atoms with Crippen molar-refractivity contribution in [3.05, 3.63) is 65.9 Å². The lowest BCUT2D eigenvalue weighted by atomic mass is 10.2. The zero-order valence-electron chi connectivity index (χ0n) is 15.9. The predicted molar refractivity (Wildman–Crippen MR) is 104 cm³/mol. The van der Waals surface area contributed by atoms with Crippen LogP contribution in [-0.2, 0) is 6.54 Å². The van der Waals surface area contributed by atoms with Crippen molar-refractivity contribution in [1.29, 1.82) is 0 Å². The summed E-state index contributed by atoms with van der Waals surface area (Å²) >= 11 is 0. The molecule has 2 aromatic heterocycles. The highest BCUT2D eigenvalue weighted by Gasteiger charge is 2.18. The van der Waals surface area contributed by atoms with Crippen LogP contribution in [0, 0.1) is 0 Å². The summed E-state index contributed by atoms with van der Waals surface area (Å²) in [4.78, 5) is 23.1. The van der Waals surface area contributed by atoms with Gasteiger partial charge in [0.05, 0.1) is 6.54 Å². The van der Waals surface area contributed by atoms with Crippen LogP contribution in [0.4, 0.5) is 0 Å². The summed E-state index contributed by atoms with van der Waals surface area (Å²) in [6, 6.07) is 14.8. The molecule has 4 aromatic rings. The Morgan fingerprint density at radius 2 is 1.89 bits per heavy atom. The lowest BCUT2D eigenvalue weighted by Crippen LogP contribution is -2.26. The molecule has 0 N–H and O–H groups in total. The van der Waals surface area contributed by atoms with Gasteiger partial charge >= 0.3 is 0 Å². The minimum absolute atomic E-state index is 0.157. The molecule has 0 radical (unpaired) electrons. The summed E-state index contributed by atoms with van der Waals surface area (Å²) in [5.41, 5.74) is 2.74.